The molecule has 2 aromatic rings. The van der Waals surface area contributed by atoms with Crippen molar-refractivity contribution in [2.75, 3.05) is 0 Å². The zero-order chi connectivity index (χ0) is 11.5. The van der Waals surface area contributed by atoms with Gasteiger partial charge in [0.15, 0.2) is 0 Å². The largest absolute Gasteiger partial charge is 0.326 e. The summed E-state index contributed by atoms with van der Waals surface area (Å²) in [5.41, 5.74) is 8.95. The molecule has 0 unspecified atom stereocenters. The first-order valence-corrected chi connectivity index (χ1v) is 5.54. The third kappa shape index (κ3) is 2.14. The Hall–Kier alpha value is -1.61. The molecule has 3 nitrogen and oxygen atoms in total. The normalized spacial score (nSPS) is 11.0. The van der Waals surface area contributed by atoms with Crippen LogP contribution in [0.5, 0.6) is 0 Å². The van der Waals surface area contributed by atoms with Crippen LogP contribution in [0.2, 0.25) is 0 Å². The highest BCUT2D eigenvalue weighted by atomic mass is 15.0. The van der Waals surface area contributed by atoms with Crippen LogP contribution in [0.4, 0.5) is 0 Å². The lowest BCUT2D eigenvalue weighted by Gasteiger charge is -2.03. The lowest BCUT2D eigenvalue weighted by Crippen LogP contribution is -1.97. The van der Waals surface area contributed by atoms with E-state index in [1.54, 1.807) is 0 Å². The molecule has 0 saturated carbocycles. The zero-order valence-electron chi connectivity index (χ0n) is 9.72. The number of hydrogen-bond donors (Lipinski definition) is 1. The molecule has 0 amide bonds. The Labute approximate surface area is 95.9 Å². The maximum Gasteiger partial charge on any atom is 0.0995 e. The Bertz CT molecular complexity index is 454. The first-order valence-electron chi connectivity index (χ1n) is 5.54. The van der Waals surface area contributed by atoms with E-state index in [9.17, 15) is 0 Å². The summed E-state index contributed by atoms with van der Waals surface area (Å²) in [6.45, 7) is 4.87. The molecule has 1 aromatic heterocycles. The number of aromatic nitrogens is 2. The molecule has 16 heavy (non-hydrogen) atoms. The van der Waals surface area contributed by atoms with Crippen molar-refractivity contribution in [3.63, 3.8) is 0 Å². The highest BCUT2D eigenvalue weighted by Gasteiger charge is 2.04. The molecule has 0 saturated heterocycles. The molecule has 1 aromatic carbocycles. The van der Waals surface area contributed by atoms with Gasteiger partial charge in [0, 0.05) is 18.4 Å². The van der Waals surface area contributed by atoms with Crippen molar-refractivity contribution in [2.24, 2.45) is 5.73 Å². The van der Waals surface area contributed by atoms with Crippen LogP contribution in [-0.4, -0.2) is 9.55 Å². The summed E-state index contributed by atoms with van der Waals surface area (Å²) in [7, 11) is 0. The van der Waals surface area contributed by atoms with E-state index in [0.29, 0.717) is 12.5 Å². The predicted molar refractivity (Wildman–Crippen MR) is 65.5 cm³/mol. The zero-order valence-corrected chi connectivity index (χ0v) is 9.72. The van der Waals surface area contributed by atoms with Gasteiger partial charge < -0.3 is 10.3 Å². The number of imidazole rings is 1. The second-order valence-corrected chi connectivity index (χ2v) is 4.23. The van der Waals surface area contributed by atoms with Gasteiger partial charge in [0.25, 0.3) is 0 Å². The van der Waals surface area contributed by atoms with Crippen molar-refractivity contribution in [2.45, 2.75) is 26.3 Å². The van der Waals surface area contributed by atoms with Gasteiger partial charge in [-0.25, -0.2) is 4.98 Å². The summed E-state index contributed by atoms with van der Waals surface area (Å²) in [6, 6.07) is 8.22. The van der Waals surface area contributed by atoms with Crippen molar-refractivity contribution in [3.05, 3.63) is 48.0 Å². The molecule has 84 valence electrons. The van der Waals surface area contributed by atoms with Crippen molar-refractivity contribution in [3.8, 4) is 5.69 Å². The van der Waals surface area contributed by atoms with Gasteiger partial charge >= 0.3 is 0 Å². The van der Waals surface area contributed by atoms with Gasteiger partial charge in [0.05, 0.1) is 12.0 Å². The van der Waals surface area contributed by atoms with Crippen LogP contribution < -0.4 is 5.73 Å². The topological polar surface area (TPSA) is 43.8 Å². The first-order chi connectivity index (χ1) is 7.70. The van der Waals surface area contributed by atoms with Crippen LogP contribution in [0, 0.1) is 0 Å². The van der Waals surface area contributed by atoms with Crippen molar-refractivity contribution >= 4 is 0 Å². The minimum atomic E-state index is 0.463. The fraction of sp³-hybridized carbons (Fsp3) is 0.308. The van der Waals surface area contributed by atoms with E-state index in [4.69, 9.17) is 5.73 Å². The minimum Gasteiger partial charge on any atom is -0.326 e. The predicted octanol–water partition coefficient (Wildman–Crippen LogP) is 2.45. The van der Waals surface area contributed by atoms with E-state index in [1.807, 2.05) is 23.0 Å². The highest BCUT2D eigenvalue weighted by Crippen LogP contribution is 2.15. The Morgan fingerprint density at radius 2 is 1.94 bits per heavy atom. The Balaban J connectivity index is 2.28. The van der Waals surface area contributed by atoms with Crippen LogP contribution in [0.15, 0.2) is 36.8 Å². The molecule has 1 heterocycles. The monoisotopic (exact) mass is 215 g/mol. The first kappa shape index (κ1) is 10.9. The van der Waals surface area contributed by atoms with E-state index in [2.05, 4.69) is 37.2 Å². The van der Waals surface area contributed by atoms with Crippen LogP contribution in [-0.2, 0) is 6.54 Å². The van der Waals surface area contributed by atoms with Gasteiger partial charge in [-0.2, -0.15) is 0 Å². The van der Waals surface area contributed by atoms with Crippen molar-refractivity contribution in [1.29, 1.82) is 0 Å². The number of nitrogens with two attached hydrogens (primary N) is 1. The maximum absolute atomic E-state index is 5.56. The average Bonchev–Trinajstić information content (AvgIpc) is 2.78. The van der Waals surface area contributed by atoms with Crippen LogP contribution >= 0.6 is 0 Å². The Morgan fingerprint density at radius 3 is 2.44 bits per heavy atom. The van der Waals surface area contributed by atoms with Gasteiger partial charge in [-0.1, -0.05) is 26.0 Å². The second kappa shape index (κ2) is 4.49. The van der Waals surface area contributed by atoms with Gasteiger partial charge in [-0.15, -0.1) is 0 Å². The Morgan fingerprint density at radius 1 is 1.25 bits per heavy atom. The van der Waals surface area contributed by atoms with E-state index in [-0.39, 0.29) is 0 Å². The van der Waals surface area contributed by atoms with E-state index in [0.717, 1.165) is 16.9 Å². The van der Waals surface area contributed by atoms with Crippen LogP contribution in [0.3, 0.4) is 0 Å². The number of nitrogens with zero attached hydrogens (tertiary/aromatic N) is 2. The molecule has 0 aliphatic rings. The van der Waals surface area contributed by atoms with E-state index in [1.165, 1.54) is 0 Å². The summed E-state index contributed by atoms with van der Waals surface area (Å²) in [5, 5.41) is 0. The standard InChI is InChI=1S/C13H17N3/c1-10(2)13-8-16(9-15-13)12-5-3-11(7-14)4-6-12/h3-6,8-10H,7,14H2,1-2H3. The molecule has 0 aliphatic carbocycles. The average molecular weight is 215 g/mol. The van der Waals surface area contributed by atoms with Gasteiger partial charge in [0.1, 0.15) is 0 Å². The Kier molecular flexibility index (Phi) is 3.06. The number of rotatable bonds is 3. The lowest BCUT2D eigenvalue weighted by atomic mass is 10.1. The van der Waals surface area contributed by atoms with Crippen LogP contribution in [0.1, 0.15) is 31.0 Å². The van der Waals surface area contributed by atoms with Crippen molar-refractivity contribution in [1.82, 2.24) is 9.55 Å². The van der Waals surface area contributed by atoms with Crippen molar-refractivity contribution < 1.29 is 0 Å². The molecule has 0 fully saturated rings. The smallest absolute Gasteiger partial charge is 0.0995 e. The summed E-state index contributed by atoms with van der Waals surface area (Å²) in [6.07, 6.45) is 3.93. The van der Waals surface area contributed by atoms with Crippen LogP contribution in [0.25, 0.3) is 5.69 Å². The molecule has 0 aliphatic heterocycles. The van der Waals surface area contributed by atoms with E-state index < -0.39 is 0 Å². The second-order valence-electron chi connectivity index (χ2n) is 4.23. The SMILES string of the molecule is CC(C)c1cn(-c2ccc(CN)cc2)cn1. The van der Waals surface area contributed by atoms with Gasteiger partial charge in [0.2, 0.25) is 0 Å². The molecule has 3 heteroatoms. The fourth-order valence-corrected chi connectivity index (χ4v) is 1.58. The molecular weight excluding hydrogens is 198 g/mol. The maximum atomic E-state index is 5.56. The number of benzene rings is 1. The fourth-order valence-electron chi connectivity index (χ4n) is 1.58. The summed E-state index contributed by atoms with van der Waals surface area (Å²) < 4.78 is 2.04. The third-order valence-corrected chi connectivity index (χ3v) is 2.66. The highest BCUT2D eigenvalue weighted by molar-refractivity contribution is 5.35. The molecule has 2 N–H and O–H groups in total. The summed E-state index contributed by atoms with van der Waals surface area (Å²) in [4.78, 5) is 4.37. The quantitative estimate of drug-likeness (QED) is 0.854. The minimum absolute atomic E-state index is 0.463. The van der Waals surface area contributed by atoms with E-state index >= 15 is 0 Å². The number of hydrogen-bond acceptors (Lipinski definition) is 2. The summed E-state index contributed by atoms with van der Waals surface area (Å²) >= 11 is 0. The van der Waals surface area contributed by atoms with Gasteiger partial charge in [-0.3, -0.25) is 0 Å². The molecule has 2 rings (SSSR count). The molecular formula is C13H17N3. The molecule has 0 atom stereocenters. The third-order valence-electron chi connectivity index (χ3n) is 2.66. The molecule has 0 bridgehead atoms. The van der Waals surface area contributed by atoms with Gasteiger partial charge in [-0.05, 0) is 23.6 Å². The summed E-state index contributed by atoms with van der Waals surface area (Å²) in [5.74, 6) is 0.463. The molecule has 0 radical (unpaired) electrons. The molecule has 0 spiro atoms. The lowest BCUT2D eigenvalue weighted by molar-refractivity contribution is 0.831.